The molecule has 7 nitrogen and oxygen atoms in total. The molecule has 0 saturated heterocycles. The summed E-state index contributed by atoms with van der Waals surface area (Å²) in [7, 11) is 1.62. The van der Waals surface area contributed by atoms with Crippen LogP contribution in [0.1, 0.15) is 0 Å². The van der Waals surface area contributed by atoms with Crippen molar-refractivity contribution < 1.29 is 9.47 Å². The van der Waals surface area contributed by atoms with Gasteiger partial charge in [0.2, 0.25) is 11.9 Å². The molecule has 4 rings (SSSR count). The largest absolute Gasteiger partial charge is 0.497 e. The average Bonchev–Trinajstić information content (AvgIpc) is 3.10. The lowest BCUT2D eigenvalue weighted by molar-refractivity contribution is 0.414. The molecular formula is C21H19N5O2. The van der Waals surface area contributed by atoms with Gasteiger partial charge in [-0.25, -0.2) is 0 Å². The fourth-order valence-electron chi connectivity index (χ4n) is 2.65. The highest BCUT2D eigenvalue weighted by molar-refractivity contribution is 5.56. The van der Waals surface area contributed by atoms with Crippen molar-refractivity contribution in [1.82, 2.24) is 14.8 Å². The summed E-state index contributed by atoms with van der Waals surface area (Å²) in [4.78, 5) is 4.27. The number of aromatic nitrogens is 3. The predicted molar refractivity (Wildman–Crippen MR) is 109 cm³/mol. The van der Waals surface area contributed by atoms with Gasteiger partial charge in [0, 0.05) is 5.69 Å². The minimum absolute atomic E-state index is 0.289. The van der Waals surface area contributed by atoms with E-state index in [1.807, 2.05) is 78.9 Å². The first-order valence-corrected chi connectivity index (χ1v) is 8.68. The number of nitrogen functional groups attached to an aromatic ring is 1. The molecule has 0 radical (unpaired) electrons. The van der Waals surface area contributed by atoms with Gasteiger partial charge in [-0.3, -0.25) is 0 Å². The number of anilines is 3. The Morgan fingerprint density at radius 1 is 0.821 bits per heavy atom. The summed E-state index contributed by atoms with van der Waals surface area (Å²) < 4.78 is 12.5. The summed E-state index contributed by atoms with van der Waals surface area (Å²) in [5.41, 5.74) is 7.63. The van der Waals surface area contributed by atoms with Crippen LogP contribution in [-0.4, -0.2) is 21.9 Å². The number of ether oxygens (including phenoxy) is 2. The van der Waals surface area contributed by atoms with Crippen LogP contribution in [0.4, 0.5) is 17.6 Å². The number of para-hydroxylation sites is 1. The van der Waals surface area contributed by atoms with Gasteiger partial charge in [0.05, 0.1) is 12.8 Å². The van der Waals surface area contributed by atoms with Gasteiger partial charge in [-0.05, 0) is 60.7 Å². The number of hydrogen-bond donors (Lipinski definition) is 2. The van der Waals surface area contributed by atoms with Crippen LogP contribution in [0.2, 0.25) is 0 Å². The van der Waals surface area contributed by atoms with E-state index < -0.39 is 0 Å². The van der Waals surface area contributed by atoms with E-state index in [-0.39, 0.29) is 5.95 Å². The molecule has 1 aromatic heterocycles. The van der Waals surface area contributed by atoms with E-state index in [1.165, 1.54) is 0 Å². The second-order valence-electron chi connectivity index (χ2n) is 5.97. The monoisotopic (exact) mass is 373 g/mol. The van der Waals surface area contributed by atoms with Crippen molar-refractivity contribution in [3.63, 3.8) is 0 Å². The van der Waals surface area contributed by atoms with Gasteiger partial charge in [-0.1, -0.05) is 18.2 Å². The first kappa shape index (κ1) is 17.4. The van der Waals surface area contributed by atoms with Crippen molar-refractivity contribution in [2.24, 2.45) is 0 Å². The zero-order chi connectivity index (χ0) is 19.3. The maximum absolute atomic E-state index is 6.01. The third-order valence-corrected chi connectivity index (χ3v) is 4.04. The number of nitrogens with one attached hydrogen (secondary N) is 1. The van der Waals surface area contributed by atoms with Crippen LogP contribution in [-0.2, 0) is 0 Å². The fraction of sp³-hybridized carbons (Fsp3) is 0.0476. The Balaban J connectivity index is 1.47. The molecule has 0 fully saturated rings. The van der Waals surface area contributed by atoms with E-state index in [2.05, 4.69) is 15.4 Å². The zero-order valence-electron chi connectivity index (χ0n) is 15.2. The molecule has 0 amide bonds. The zero-order valence-corrected chi connectivity index (χ0v) is 15.2. The minimum Gasteiger partial charge on any atom is -0.497 e. The Labute approximate surface area is 162 Å². The van der Waals surface area contributed by atoms with Crippen LogP contribution in [0.3, 0.4) is 0 Å². The van der Waals surface area contributed by atoms with E-state index in [0.717, 1.165) is 28.6 Å². The number of rotatable bonds is 6. The third-order valence-electron chi connectivity index (χ3n) is 4.04. The van der Waals surface area contributed by atoms with Gasteiger partial charge in [-0.15, -0.1) is 5.10 Å². The molecule has 3 aromatic carbocycles. The quantitative estimate of drug-likeness (QED) is 0.521. The van der Waals surface area contributed by atoms with Crippen LogP contribution < -0.4 is 20.5 Å². The second kappa shape index (κ2) is 7.71. The minimum atomic E-state index is 0.289. The van der Waals surface area contributed by atoms with Crippen molar-refractivity contribution in [3.8, 4) is 22.9 Å². The molecule has 1 heterocycles. The molecule has 0 aliphatic carbocycles. The fourth-order valence-corrected chi connectivity index (χ4v) is 2.65. The molecule has 0 saturated carbocycles. The maximum Gasteiger partial charge on any atom is 0.248 e. The number of methoxy groups -OCH3 is 1. The molecule has 0 aliphatic rings. The summed E-state index contributed by atoms with van der Waals surface area (Å²) in [5, 5.41) is 7.56. The van der Waals surface area contributed by atoms with Crippen molar-refractivity contribution in [2.45, 2.75) is 0 Å². The molecule has 7 heteroatoms. The van der Waals surface area contributed by atoms with E-state index in [9.17, 15) is 0 Å². The van der Waals surface area contributed by atoms with Crippen LogP contribution in [0, 0.1) is 0 Å². The van der Waals surface area contributed by atoms with E-state index in [4.69, 9.17) is 15.2 Å². The van der Waals surface area contributed by atoms with Crippen molar-refractivity contribution in [3.05, 3.63) is 78.9 Å². The third kappa shape index (κ3) is 3.88. The summed E-state index contributed by atoms with van der Waals surface area (Å²) >= 11 is 0. The topological polar surface area (TPSA) is 87.2 Å². The normalized spacial score (nSPS) is 10.5. The molecular weight excluding hydrogens is 354 g/mol. The highest BCUT2D eigenvalue weighted by Gasteiger charge is 2.09. The molecule has 0 aliphatic heterocycles. The molecule has 0 unspecified atom stereocenters. The van der Waals surface area contributed by atoms with Crippen LogP contribution in [0.15, 0.2) is 78.9 Å². The predicted octanol–water partition coefficient (Wildman–Crippen LogP) is 4.39. The molecule has 3 N–H and O–H groups in total. The molecule has 0 atom stereocenters. The Morgan fingerprint density at radius 3 is 2.14 bits per heavy atom. The first-order chi connectivity index (χ1) is 13.7. The number of hydrogen-bond acceptors (Lipinski definition) is 6. The van der Waals surface area contributed by atoms with E-state index >= 15 is 0 Å². The van der Waals surface area contributed by atoms with Crippen LogP contribution >= 0.6 is 0 Å². The van der Waals surface area contributed by atoms with Gasteiger partial charge in [-0.2, -0.15) is 9.67 Å². The summed E-state index contributed by atoms with van der Waals surface area (Å²) in [6.07, 6.45) is 0. The number of nitrogens with two attached hydrogens (primary N) is 1. The molecule has 4 aromatic rings. The first-order valence-electron chi connectivity index (χ1n) is 8.68. The molecule has 0 spiro atoms. The smallest absolute Gasteiger partial charge is 0.248 e. The number of benzene rings is 3. The lowest BCUT2D eigenvalue weighted by atomic mass is 10.3. The van der Waals surface area contributed by atoms with Crippen LogP contribution in [0.25, 0.3) is 5.69 Å². The van der Waals surface area contributed by atoms with Gasteiger partial charge in [0.1, 0.15) is 17.2 Å². The van der Waals surface area contributed by atoms with Crippen LogP contribution in [0.5, 0.6) is 17.2 Å². The van der Waals surface area contributed by atoms with E-state index in [0.29, 0.717) is 5.95 Å². The number of nitrogens with zero attached hydrogens (tertiary/aromatic N) is 3. The molecule has 28 heavy (non-hydrogen) atoms. The standard InChI is InChI=1S/C21H19N5O2/c1-27-17-13-9-16(10-14-17)26-20(22)24-21(25-26)23-15-7-11-19(12-8-15)28-18-5-3-2-4-6-18/h2-14H,1H3,(H3,22,23,24,25). The Morgan fingerprint density at radius 2 is 1.46 bits per heavy atom. The van der Waals surface area contributed by atoms with Gasteiger partial charge in [0.25, 0.3) is 0 Å². The SMILES string of the molecule is COc1ccc(-n2nc(Nc3ccc(Oc4ccccc4)cc3)nc2N)cc1. The summed E-state index contributed by atoms with van der Waals surface area (Å²) in [6, 6.07) is 24.6. The van der Waals surface area contributed by atoms with Gasteiger partial charge >= 0.3 is 0 Å². The Bertz CT molecular complexity index is 1040. The molecule has 140 valence electrons. The van der Waals surface area contributed by atoms with Crippen molar-refractivity contribution in [2.75, 3.05) is 18.2 Å². The highest BCUT2D eigenvalue weighted by Crippen LogP contribution is 2.24. The van der Waals surface area contributed by atoms with Gasteiger partial charge < -0.3 is 20.5 Å². The lowest BCUT2D eigenvalue weighted by Gasteiger charge is -2.07. The lowest BCUT2D eigenvalue weighted by Crippen LogP contribution is -2.02. The van der Waals surface area contributed by atoms with Gasteiger partial charge in [0.15, 0.2) is 0 Å². The van der Waals surface area contributed by atoms with Crippen molar-refractivity contribution >= 4 is 17.6 Å². The molecule has 0 bridgehead atoms. The maximum atomic E-state index is 6.01. The second-order valence-corrected chi connectivity index (χ2v) is 5.97. The summed E-state index contributed by atoms with van der Waals surface area (Å²) in [6.45, 7) is 0. The average molecular weight is 373 g/mol. The van der Waals surface area contributed by atoms with Crippen molar-refractivity contribution in [1.29, 1.82) is 0 Å². The Hall–Kier alpha value is -4.00. The Kier molecular flexibility index (Phi) is 4.79. The highest BCUT2D eigenvalue weighted by atomic mass is 16.5. The van der Waals surface area contributed by atoms with E-state index in [1.54, 1.807) is 11.8 Å². The summed E-state index contributed by atoms with van der Waals surface area (Å²) in [5.74, 6) is 2.99.